The van der Waals surface area contributed by atoms with E-state index in [1.165, 1.54) is 23.3 Å². The van der Waals surface area contributed by atoms with Gasteiger partial charge in [-0.05, 0) is 66.6 Å². The largest absolute Gasteiger partial charge is 0.322 e. The van der Waals surface area contributed by atoms with Crippen molar-refractivity contribution in [2.75, 3.05) is 5.32 Å². The van der Waals surface area contributed by atoms with E-state index in [9.17, 15) is 9.18 Å². The number of carbonyl (C=O) groups excluding carboxylic acids is 1. The molecular formula is C25H25FN2O. The standard InChI is InChI=1S/C25H25FN2O/c1-18-7-2-5-11-23(18)27-25(29)28(17-19-13-15-21(26)16-14-19)24-12-6-9-20-8-3-4-10-22(20)24/h2-5,7-8,10-11,13-16,24H,6,9,12,17H2,1H3,(H,27,29). The van der Waals surface area contributed by atoms with Crippen LogP contribution in [0.3, 0.4) is 0 Å². The van der Waals surface area contributed by atoms with Crippen LogP contribution in [0.25, 0.3) is 0 Å². The van der Waals surface area contributed by atoms with Crippen molar-refractivity contribution in [3.63, 3.8) is 0 Å². The van der Waals surface area contributed by atoms with Crippen molar-refractivity contribution in [2.45, 2.75) is 38.8 Å². The van der Waals surface area contributed by atoms with Crippen molar-refractivity contribution in [1.29, 1.82) is 0 Å². The van der Waals surface area contributed by atoms with E-state index in [-0.39, 0.29) is 17.9 Å². The molecule has 4 rings (SSSR count). The molecule has 0 saturated heterocycles. The van der Waals surface area contributed by atoms with Crippen LogP contribution < -0.4 is 5.32 Å². The molecule has 0 aliphatic heterocycles. The number of aryl methyl sites for hydroxylation is 2. The van der Waals surface area contributed by atoms with E-state index < -0.39 is 0 Å². The molecule has 29 heavy (non-hydrogen) atoms. The molecule has 3 nitrogen and oxygen atoms in total. The molecular weight excluding hydrogens is 363 g/mol. The molecule has 148 valence electrons. The van der Waals surface area contributed by atoms with Crippen molar-refractivity contribution in [1.82, 2.24) is 4.90 Å². The molecule has 0 radical (unpaired) electrons. The first kappa shape index (κ1) is 19.2. The van der Waals surface area contributed by atoms with E-state index in [0.717, 1.165) is 36.1 Å². The molecule has 0 fully saturated rings. The average Bonchev–Trinajstić information content (AvgIpc) is 2.74. The highest BCUT2D eigenvalue weighted by Crippen LogP contribution is 2.35. The second-order valence-corrected chi connectivity index (χ2v) is 7.61. The summed E-state index contributed by atoms with van der Waals surface area (Å²) < 4.78 is 13.4. The van der Waals surface area contributed by atoms with E-state index in [4.69, 9.17) is 0 Å². The summed E-state index contributed by atoms with van der Waals surface area (Å²) >= 11 is 0. The first-order chi connectivity index (χ1) is 14.1. The summed E-state index contributed by atoms with van der Waals surface area (Å²) in [5, 5.41) is 3.08. The summed E-state index contributed by atoms with van der Waals surface area (Å²) in [6.45, 7) is 2.41. The van der Waals surface area contributed by atoms with Crippen LogP contribution in [-0.4, -0.2) is 10.9 Å². The van der Waals surface area contributed by atoms with Gasteiger partial charge in [0.2, 0.25) is 0 Å². The summed E-state index contributed by atoms with van der Waals surface area (Å²) in [5.74, 6) is -0.271. The fourth-order valence-electron chi connectivity index (χ4n) is 4.06. The first-order valence-electron chi connectivity index (χ1n) is 10.1. The van der Waals surface area contributed by atoms with Gasteiger partial charge in [-0.15, -0.1) is 0 Å². The number of fused-ring (bicyclic) bond motifs is 1. The molecule has 0 heterocycles. The van der Waals surface area contributed by atoms with Crippen molar-refractivity contribution in [3.05, 3.63) is 101 Å². The van der Waals surface area contributed by atoms with Crippen molar-refractivity contribution < 1.29 is 9.18 Å². The molecule has 4 heteroatoms. The van der Waals surface area contributed by atoms with Crippen LogP contribution in [0.5, 0.6) is 0 Å². The molecule has 1 unspecified atom stereocenters. The van der Waals surface area contributed by atoms with Crippen molar-refractivity contribution in [3.8, 4) is 0 Å². The molecule has 0 bridgehead atoms. The number of benzene rings is 3. The maximum absolute atomic E-state index is 13.4. The monoisotopic (exact) mass is 388 g/mol. The lowest BCUT2D eigenvalue weighted by Gasteiger charge is -2.36. The Hall–Kier alpha value is -3.14. The minimum atomic E-state index is -0.271. The third-order valence-corrected chi connectivity index (χ3v) is 5.63. The highest BCUT2D eigenvalue weighted by molar-refractivity contribution is 5.90. The molecule has 3 aromatic rings. The SMILES string of the molecule is Cc1ccccc1NC(=O)N(Cc1ccc(F)cc1)C1CCCc2ccccc21. The molecule has 1 atom stereocenters. The molecule has 2 amide bonds. The van der Waals surface area contributed by atoms with Gasteiger partial charge in [0.25, 0.3) is 0 Å². The van der Waals surface area contributed by atoms with Gasteiger partial charge in [-0.3, -0.25) is 0 Å². The molecule has 0 saturated carbocycles. The van der Waals surface area contributed by atoms with Crippen LogP contribution in [0.15, 0.2) is 72.8 Å². The van der Waals surface area contributed by atoms with E-state index in [1.807, 2.05) is 42.2 Å². The Morgan fingerprint density at radius 1 is 1.03 bits per heavy atom. The molecule has 1 N–H and O–H groups in total. The Bertz CT molecular complexity index is 1000. The molecule has 3 aromatic carbocycles. The lowest BCUT2D eigenvalue weighted by Crippen LogP contribution is -2.39. The fraction of sp³-hybridized carbons (Fsp3) is 0.240. The maximum Gasteiger partial charge on any atom is 0.322 e. The number of para-hydroxylation sites is 1. The smallest absolute Gasteiger partial charge is 0.313 e. The summed E-state index contributed by atoms with van der Waals surface area (Å²) in [4.78, 5) is 15.3. The van der Waals surface area contributed by atoms with Gasteiger partial charge in [-0.1, -0.05) is 54.6 Å². The second-order valence-electron chi connectivity index (χ2n) is 7.61. The van der Waals surface area contributed by atoms with Gasteiger partial charge in [0.15, 0.2) is 0 Å². The fourth-order valence-corrected chi connectivity index (χ4v) is 4.06. The first-order valence-corrected chi connectivity index (χ1v) is 10.1. The van der Waals surface area contributed by atoms with E-state index in [0.29, 0.717) is 6.54 Å². The minimum absolute atomic E-state index is 0.00554. The Kier molecular flexibility index (Phi) is 5.61. The number of hydrogen-bond acceptors (Lipinski definition) is 1. The van der Waals surface area contributed by atoms with Gasteiger partial charge in [0, 0.05) is 12.2 Å². The summed E-state index contributed by atoms with van der Waals surface area (Å²) in [5.41, 5.74) is 5.25. The predicted molar refractivity (Wildman–Crippen MR) is 114 cm³/mol. The summed E-state index contributed by atoms with van der Waals surface area (Å²) in [6, 6.07) is 22.4. The highest BCUT2D eigenvalue weighted by Gasteiger charge is 2.29. The Labute approximate surface area is 171 Å². The number of amides is 2. The lowest BCUT2D eigenvalue weighted by molar-refractivity contribution is 0.175. The van der Waals surface area contributed by atoms with Crippen LogP contribution in [0.1, 0.15) is 41.1 Å². The van der Waals surface area contributed by atoms with Crippen molar-refractivity contribution >= 4 is 11.7 Å². The van der Waals surface area contributed by atoms with Gasteiger partial charge >= 0.3 is 6.03 Å². The van der Waals surface area contributed by atoms with E-state index in [2.05, 4.69) is 23.5 Å². The molecule has 0 aromatic heterocycles. The highest BCUT2D eigenvalue weighted by atomic mass is 19.1. The van der Waals surface area contributed by atoms with Gasteiger partial charge in [0.05, 0.1) is 6.04 Å². The Balaban J connectivity index is 1.66. The van der Waals surface area contributed by atoms with Crippen LogP contribution >= 0.6 is 0 Å². The van der Waals surface area contributed by atoms with E-state index in [1.54, 1.807) is 12.1 Å². The van der Waals surface area contributed by atoms with Gasteiger partial charge in [-0.25, -0.2) is 9.18 Å². The summed E-state index contributed by atoms with van der Waals surface area (Å²) in [7, 11) is 0. The number of carbonyl (C=O) groups is 1. The zero-order valence-electron chi connectivity index (χ0n) is 16.6. The number of urea groups is 1. The van der Waals surface area contributed by atoms with Crippen LogP contribution in [0.2, 0.25) is 0 Å². The topological polar surface area (TPSA) is 32.3 Å². The normalized spacial score (nSPS) is 15.4. The van der Waals surface area contributed by atoms with E-state index >= 15 is 0 Å². The number of anilines is 1. The maximum atomic E-state index is 13.4. The molecule has 0 spiro atoms. The zero-order chi connectivity index (χ0) is 20.2. The summed E-state index contributed by atoms with van der Waals surface area (Å²) in [6.07, 6.45) is 3.00. The minimum Gasteiger partial charge on any atom is -0.313 e. The zero-order valence-corrected chi connectivity index (χ0v) is 16.6. The van der Waals surface area contributed by atoms with Crippen LogP contribution in [0, 0.1) is 12.7 Å². The number of hydrogen-bond donors (Lipinski definition) is 1. The Morgan fingerprint density at radius 2 is 1.76 bits per heavy atom. The number of nitrogens with one attached hydrogen (secondary N) is 1. The lowest BCUT2D eigenvalue weighted by atomic mass is 9.86. The van der Waals surface area contributed by atoms with Gasteiger partial charge in [0.1, 0.15) is 5.82 Å². The van der Waals surface area contributed by atoms with Gasteiger partial charge in [-0.2, -0.15) is 0 Å². The predicted octanol–water partition coefficient (Wildman–Crippen LogP) is 6.25. The molecule has 1 aliphatic rings. The second kappa shape index (κ2) is 8.48. The Morgan fingerprint density at radius 3 is 2.55 bits per heavy atom. The third kappa shape index (κ3) is 4.32. The van der Waals surface area contributed by atoms with Crippen LogP contribution in [-0.2, 0) is 13.0 Å². The third-order valence-electron chi connectivity index (χ3n) is 5.63. The average molecular weight is 388 g/mol. The number of nitrogens with zero attached hydrogens (tertiary/aromatic N) is 1. The van der Waals surface area contributed by atoms with Crippen LogP contribution in [0.4, 0.5) is 14.9 Å². The molecule has 1 aliphatic carbocycles. The van der Waals surface area contributed by atoms with Gasteiger partial charge < -0.3 is 10.2 Å². The number of rotatable bonds is 4. The number of halogens is 1. The van der Waals surface area contributed by atoms with Crippen molar-refractivity contribution in [2.24, 2.45) is 0 Å². The quantitative estimate of drug-likeness (QED) is 0.563.